The zero-order valence-electron chi connectivity index (χ0n) is 17.4. The molecule has 1 aliphatic rings. The maximum absolute atomic E-state index is 12.3. The van der Waals surface area contributed by atoms with E-state index in [1.165, 1.54) is 31.2 Å². The van der Waals surface area contributed by atoms with Gasteiger partial charge in [0.15, 0.2) is 6.61 Å². The lowest BCUT2D eigenvalue weighted by Gasteiger charge is -2.28. The monoisotopic (exact) mass is 481 g/mol. The maximum Gasteiger partial charge on any atom is 0.324 e. The van der Waals surface area contributed by atoms with E-state index in [9.17, 15) is 18.0 Å². The molecule has 1 aliphatic heterocycles. The van der Waals surface area contributed by atoms with E-state index in [4.69, 9.17) is 21.1 Å². The summed E-state index contributed by atoms with van der Waals surface area (Å²) < 4.78 is 37.1. The van der Waals surface area contributed by atoms with Crippen LogP contribution in [-0.4, -0.2) is 59.2 Å². The smallest absolute Gasteiger partial charge is 0.324 e. The predicted molar refractivity (Wildman–Crippen MR) is 120 cm³/mol. The van der Waals surface area contributed by atoms with Crippen LogP contribution in [0.15, 0.2) is 53.4 Å². The second-order valence-electron chi connectivity index (χ2n) is 7.10. The molecule has 0 aromatic heterocycles. The average Bonchev–Trinajstić information content (AvgIpc) is 2.78. The number of morpholine rings is 1. The number of nitrogens with zero attached hydrogens (tertiary/aromatic N) is 1. The molecule has 0 saturated carbocycles. The second-order valence-corrected chi connectivity index (χ2v) is 9.25. The van der Waals surface area contributed by atoms with Crippen molar-refractivity contribution in [3.8, 4) is 0 Å². The third-order valence-electron chi connectivity index (χ3n) is 4.68. The first-order chi connectivity index (χ1) is 15.2. The Bertz CT molecular complexity index is 1040. The first-order valence-corrected chi connectivity index (χ1v) is 11.8. The number of nitrogens with one attached hydrogen (secondary N) is 2. The predicted octanol–water partition coefficient (Wildman–Crippen LogP) is 2.03. The molecule has 2 N–H and O–H groups in total. The van der Waals surface area contributed by atoms with Crippen LogP contribution in [0.5, 0.6) is 0 Å². The van der Waals surface area contributed by atoms with Crippen LogP contribution in [0.2, 0.25) is 5.02 Å². The van der Waals surface area contributed by atoms with E-state index < -0.39 is 34.5 Å². The van der Waals surface area contributed by atoms with E-state index in [0.717, 1.165) is 18.8 Å². The largest absolute Gasteiger partial charge is 0.454 e. The molecule has 1 fully saturated rings. The number of halogens is 1. The van der Waals surface area contributed by atoms with Crippen LogP contribution in [0.3, 0.4) is 0 Å². The van der Waals surface area contributed by atoms with E-state index in [0.29, 0.717) is 23.9 Å². The Labute approximate surface area is 191 Å². The van der Waals surface area contributed by atoms with Crippen LogP contribution in [0.1, 0.15) is 6.92 Å². The van der Waals surface area contributed by atoms with Crippen molar-refractivity contribution >= 4 is 44.9 Å². The molecular formula is C21H24ClN3O6S. The van der Waals surface area contributed by atoms with Gasteiger partial charge in [-0.25, -0.2) is 8.42 Å². The molecule has 11 heteroatoms. The third-order valence-corrected chi connectivity index (χ3v) is 6.49. The highest BCUT2D eigenvalue weighted by molar-refractivity contribution is 7.89. The second kappa shape index (κ2) is 10.8. The van der Waals surface area contributed by atoms with Gasteiger partial charge < -0.3 is 19.7 Å². The van der Waals surface area contributed by atoms with E-state index in [-0.39, 0.29) is 4.90 Å². The summed E-state index contributed by atoms with van der Waals surface area (Å²) >= 11 is 5.76. The Morgan fingerprint density at radius 3 is 2.34 bits per heavy atom. The van der Waals surface area contributed by atoms with Gasteiger partial charge in [0.2, 0.25) is 10.0 Å². The number of esters is 1. The molecule has 0 radical (unpaired) electrons. The zero-order valence-corrected chi connectivity index (χ0v) is 19.0. The fourth-order valence-electron chi connectivity index (χ4n) is 3.00. The number of hydrogen-bond acceptors (Lipinski definition) is 7. The normalized spacial score (nSPS) is 15.1. The minimum Gasteiger partial charge on any atom is -0.454 e. The number of ether oxygens (including phenoxy) is 2. The fraction of sp³-hybridized carbons (Fsp3) is 0.333. The molecule has 172 valence electrons. The lowest BCUT2D eigenvalue weighted by Crippen LogP contribution is -2.40. The van der Waals surface area contributed by atoms with Gasteiger partial charge in [-0.3, -0.25) is 9.59 Å². The van der Waals surface area contributed by atoms with Crippen LogP contribution < -0.4 is 14.9 Å². The standard InChI is InChI=1S/C21H24ClN3O6S/c1-15(24-32(28,29)19-8-2-16(22)3-9-19)21(27)31-14-20(26)23-17-4-6-18(7-5-17)25-10-12-30-13-11-25/h2-9,15,24H,10-14H2,1H3,(H,23,26)/t15-/m0/s1. The van der Waals surface area contributed by atoms with Gasteiger partial charge in [0.1, 0.15) is 6.04 Å². The SMILES string of the molecule is C[C@H](NS(=O)(=O)c1ccc(Cl)cc1)C(=O)OCC(=O)Nc1ccc(N2CCOCC2)cc1. The van der Waals surface area contributed by atoms with E-state index in [2.05, 4.69) is 14.9 Å². The molecule has 1 saturated heterocycles. The highest BCUT2D eigenvalue weighted by Gasteiger charge is 2.23. The Hall–Kier alpha value is -2.66. The van der Waals surface area contributed by atoms with Gasteiger partial charge >= 0.3 is 5.97 Å². The quantitative estimate of drug-likeness (QED) is 0.554. The van der Waals surface area contributed by atoms with Crippen molar-refractivity contribution in [3.63, 3.8) is 0 Å². The Morgan fingerprint density at radius 1 is 1.09 bits per heavy atom. The number of sulfonamides is 1. The summed E-state index contributed by atoms with van der Waals surface area (Å²) in [6, 6.07) is 11.6. The molecule has 32 heavy (non-hydrogen) atoms. The average molecular weight is 482 g/mol. The molecule has 2 aromatic rings. The van der Waals surface area contributed by atoms with Crippen LogP contribution in [0.4, 0.5) is 11.4 Å². The molecular weight excluding hydrogens is 458 g/mol. The summed E-state index contributed by atoms with van der Waals surface area (Å²) in [7, 11) is -3.94. The lowest BCUT2D eigenvalue weighted by atomic mass is 10.2. The molecule has 1 heterocycles. The molecule has 3 rings (SSSR count). The van der Waals surface area contributed by atoms with Gasteiger partial charge in [-0.05, 0) is 55.5 Å². The number of amides is 1. The number of hydrogen-bond donors (Lipinski definition) is 2. The molecule has 1 atom stereocenters. The summed E-state index contributed by atoms with van der Waals surface area (Å²) in [5.41, 5.74) is 1.58. The van der Waals surface area contributed by atoms with Crippen molar-refractivity contribution in [2.24, 2.45) is 0 Å². The first kappa shape index (κ1) is 24.0. The van der Waals surface area contributed by atoms with E-state index >= 15 is 0 Å². The number of carbonyl (C=O) groups is 2. The number of anilines is 2. The third kappa shape index (κ3) is 6.67. The Balaban J connectivity index is 1.46. The summed E-state index contributed by atoms with van der Waals surface area (Å²) in [5.74, 6) is -1.41. The van der Waals surface area contributed by atoms with Crippen molar-refractivity contribution < 1.29 is 27.5 Å². The minimum absolute atomic E-state index is 0.0418. The van der Waals surface area contributed by atoms with Crippen molar-refractivity contribution in [2.45, 2.75) is 17.9 Å². The van der Waals surface area contributed by atoms with Gasteiger partial charge in [-0.1, -0.05) is 11.6 Å². The van der Waals surface area contributed by atoms with Gasteiger partial charge in [0, 0.05) is 29.5 Å². The van der Waals surface area contributed by atoms with Crippen LogP contribution in [-0.2, 0) is 29.1 Å². The highest BCUT2D eigenvalue weighted by atomic mass is 35.5. The molecule has 0 bridgehead atoms. The Morgan fingerprint density at radius 2 is 1.72 bits per heavy atom. The van der Waals surface area contributed by atoms with Crippen molar-refractivity contribution in [1.29, 1.82) is 0 Å². The van der Waals surface area contributed by atoms with Crippen LogP contribution >= 0.6 is 11.6 Å². The maximum atomic E-state index is 12.3. The molecule has 0 unspecified atom stereocenters. The van der Waals surface area contributed by atoms with E-state index in [1.54, 1.807) is 12.1 Å². The van der Waals surface area contributed by atoms with Crippen molar-refractivity contribution in [2.75, 3.05) is 43.1 Å². The lowest BCUT2D eigenvalue weighted by molar-refractivity contribution is -0.148. The van der Waals surface area contributed by atoms with E-state index in [1.807, 2.05) is 12.1 Å². The fourth-order valence-corrected chi connectivity index (χ4v) is 4.32. The van der Waals surface area contributed by atoms with Gasteiger partial charge in [-0.2, -0.15) is 4.72 Å². The molecule has 1 amide bonds. The van der Waals surface area contributed by atoms with Crippen molar-refractivity contribution in [3.05, 3.63) is 53.6 Å². The Kier molecular flexibility index (Phi) is 8.08. The first-order valence-electron chi connectivity index (χ1n) is 9.92. The number of carbonyl (C=O) groups excluding carboxylic acids is 2. The summed E-state index contributed by atoms with van der Waals surface area (Å²) in [4.78, 5) is 26.4. The molecule has 0 spiro atoms. The summed E-state index contributed by atoms with van der Waals surface area (Å²) in [6.45, 7) is 3.76. The zero-order chi connectivity index (χ0) is 23.1. The number of rotatable bonds is 8. The van der Waals surface area contributed by atoms with Crippen molar-refractivity contribution in [1.82, 2.24) is 4.72 Å². The molecule has 9 nitrogen and oxygen atoms in total. The minimum atomic E-state index is -3.94. The van der Waals surface area contributed by atoms with Gasteiger partial charge in [0.25, 0.3) is 5.91 Å². The highest BCUT2D eigenvalue weighted by Crippen LogP contribution is 2.19. The van der Waals surface area contributed by atoms with Crippen LogP contribution in [0.25, 0.3) is 0 Å². The van der Waals surface area contributed by atoms with Gasteiger partial charge in [-0.15, -0.1) is 0 Å². The summed E-state index contributed by atoms with van der Waals surface area (Å²) in [5, 5.41) is 3.02. The van der Waals surface area contributed by atoms with Crippen LogP contribution in [0, 0.1) is 0 Å². The molecule has 0 aliphatic carbocycles. The van der Waals surface area contributed by atoms with Gasteiger partial charge in [0.05, 0.1) is 18.1 Å². The number of benzene rings is 2. The summed E-state index contributed by atoms with van der Waals surface area (Å²) in [6.07, 6.45) is 0. The molecule has 2 aromatic carbocycles. The topological polar surface area (TPSA) is 114 Å².